The van der Waals surface area contributed by atoms with Gasteiger partial charge in [-0.2, -0.15) is 0 Å². The number of hydrogen-bond acceptors (Lipinski definition) is 1. The molecule has 1 nitrogen and oxygen atoms in total. The monoisotopic (exact) mass is 193 g/mol. The second kappa shape index (κ2) is 3.06. The van der Waals surface area contributed by atoms with E-state index in [0.29, 0.717) is 5.56 Å². The molecule has 0 atom stereocenters. The van der Waals surface area contributed by atoms with Crippen LogP contribution in [0.5, 0.6) is 0 Å². The van der Waals surface area contributed by atoms with Crippen molar-refractivity contribution in [2.75, 3.05) is 0 Å². The largest absolute Gasteiger partial charge is 0.285 e. The SMILES string of the molecule is O=[C]c1ccc2cccc3c2c1C=CC3. The Bertz CT molecular complexity index is 579. The lowest BCUT2D eigenvalue weighted by molar-refractivity contribution is 0.562. The van der Waals surface area contributed by atoms with Gasteiger partial charge in [-0.1, -0.05) is 36.4 Å². The number of carbonyl (C=O) groups excluding carboxylic acids is 1. The summed E-state index contributed by atoms with van der Waals surface area (Å²) >= 11 is 0. The molecule has 0 bridgehead atoms. The maximum Gasteiger partial charge on any atom is 0.234 e. The highest BCUT2D eigenvalue weighted by Gasteiger charge is 2.11. The summed E-state index contributed by atoms with van der Waals surface area (Å²) in [4.78, 5) is 10.8. The average molecular weight is 193 g/mol. The quantitative estimate of drug-likeness (QED) is 0.680. The zero-order valence-corrected chi connectivity index (χ0v) is 8.16. The van der Waals surface area contributed by atoms with Crippen molar-refractivity contribution in [1.82, 2.24) is 0 Å². The van der Waals surface area contributed by atoms with Crippen molar-refractivity contribution in [1.29, 1.82) is 0 Å². The molecule has 1 heteroatoms. The lowest BCUT2D eigenvalue weighted by Gasteiger charge is -2.13. The van der Waals surface area contributed by atoms with Crippen LogP contribution < -0.4 is 0 Å². The second-order valence-corrected chi connectivity index (χ2v) is 3.75. The molecule has 0 heterocycles. The van der Waals surface area contributed by atoms with Crippen LogP contribution in [0.25, 0.3) is 16.8 Å². The maximum absolute atomic E-state index is 10.8. The Morgan fingerprint density at radius 2 is 2.07 bits per heavy atom. The van der Waals surface area contributed by atoms with Crippen molar-refractivity contribution in [2.24, 2.45) is 0 Å². The Balaban J connectivity index is 2.53. The highest BCUT2D eigenvalue weighted by molar-refractivity contribution is 6.01. The van der Waals surface area contributed by atoms with Gasteiger partial charge in [-0.3, -0.25) is 4.79 Å². The van der Waals surface area contributed by atoms with E-state index in [1.807, 2.05) is 24.5 Å². The molecule has 1 radical (unpaired) electrons. The van der Waals surface area contributed by atoms with E-state index in [-0.39, 0.29) is 0 Å². The smallest absolute Gasteiger partial charge is 0.234 e. The van der Waals surface area contributed by atoms with E-state index >= 15 is 0 Å². The number of hydrogen-bond donors (Lipinski definition) is 0. The lowest BCUT2D eigenvalue weighted by Crippen LogP contribution is -1.96. The molecule has 0 spiro atoms. The molecule has 0 saturated carbocycles. The Morgan fingerprint density at radius 1 is 1.13 bits per heavy atom. The highest BCUT2D eigenvalue weighted by atomic mass is 16.1. The molecule has 2 aromatic carbocycles. The van der Waals surface area contributed by atoms with Crippen LogP contribution in [-0.4, -0.2) is 6.29 Å². The molecule has 0 unspecified atom stereocenters. The molecule has 0 aliphatic heterocycles. The van der Waals surface area contributed by atoms with E-state index in [2.05, 4.69) is 24.3 Å². The van der Waals surface area contributed by atoms with Gasteiger partial charge in [0.1, 0.15) is 0 Å². The van der Waals surface area contributed by atoms with E-state index in [0.717, 1.165) is 12.0 Å². The summed E-state index contributed by atoms with van der Waals surface area (Å²) in [7, 11) is 0. The normalized spacial score (nSPS) is 13.1. The number of rotatable bonds is 1. The minimum Gasteiger partial charge on any atom is -0.285 e. The van der Waals surface area contributed by atoms with Crippen molar-refractivity contribution in [2.45, 2.75) is 6.42 Å². The van der Waals surface area contributed by atoms with Crippen molar-refractivity contribution < 1.29 is 4.79 Å². The van der Waals surface area contributed by atoms with E-state index in [1.54, 1.807) is 0 Å². The van der Waals surface area contributed by atoms with Crippen LogP contribution in [0.2, 0.25) is 0 Å². The molecule has 15 heavy (non-hydrogen) atoms. The van der Waals surface area contributed by atoms with Crippen molar-refractivity contribution in [3.05, 3.63) is 53.1 Å². The number of allylic oxidation sites excluding steroid dienone is 1. The number of benzene rings is 2. The first-order chi connectivity index (χ1) is 7.40. The van der Waals surface area contributed by atoms with Gasteiger partial charge in [0.25, 0.3) is 0 Å². The third kappa shape index (κ3) is 1.13. The summed E-state index contributed by atoms with van der Waals surface area (Å²) in [5.41, 5.74) is 2.97. The third-order valence-electron chi connectivity index (χ3n) is 2.90. The average Bonchev–Trinajstić information content (AvgIpc) is 2.30. The summed E-state index contributed by atoms with van der Waals surface area (Å²) in [6, 6.07) is 10.1. The standard InChI is InChI=1S/C14H9O/c15-9-12-8-7-11-4-1-3-10-5-2-6-13(12)14(10)11/h1-4,6-8H,5H2. The second-order valence-electron chi connectivity index (χ2n) is 3.75. The molecular weight excluding hydrogens is 184 g/mol. The Hall–Kier alpha value is -1.89. The van der Waals surface area contributed by atoms with E-state index in [9.17, 15) is 4.79 Å². The molecule has 3 rings (SSSR count). The van der Waals surface area contributed by atoms with Crippen LogP contribution in [0.1, 0.15) is 16.7 Å². The predicted octanol–water partition coefficient (Wildman–Crippen LogP) is 2.87. The molecule has 2 aromatic rings. The molecule has 0 aromatic heterocycles. The Kier molecular flexibility index (Phi) is 1.72. The van der Waals surface area contributed by atoms with Crippen LogP contribution in [-0.2, 0) is 11.2 Å². The van der Waals surface area contributed by atoms with Gasteiger partial charge < -0.3 is 0 Å². The van der Waals surface area contributed by atoms with Gasteiger partial charge in [0.05, 0.1) is 0 Å². The van der Waals surface area contributed by atoms with Crippen LogP contribution in [0.3, 0.4) is 0 Å². The van der Waals surface area contributed by atoms with Gasteiger partial charge in [-0.25, -0.2) is 0 Å². The molecule has 71 valence electrons. The first-order valence-electron chi connectivity index (χ1n) is 4.99. The van der Waals surface area contributed by atoms with Gasteiger partial charge in [0.15, 0.2) is 0 Å². The summed E-state index contributed by atoms with van der Waals surface area (Å²) in [5, 5.41) is 2.41. The molecule has 0 fully saturated rings. The highest BCUT2D eigenvalue weighted by Crippen LogP contribution is 2.30. The van der Waals surface area contributed by atoms with E-state index < -0.39 is 0 Å². The maximum atomic E-state index is 10.8. The van der Waals surface area contributed by atoms with Gasteiger partial charge >= 0.3 is 0 Å². The molecule has 0 amide bonds. The van der Waals surface area contributed by atoms with Crippen molar-refractivity contribution in [3.8, 4) is 0 Å². The van der Waals surface area contributed by atoms with Gasteiger partial charge in [0, 0.05) is 5.56 Å². The molecular formula is C14H9O. The topological polar surface area (TPSA) is 17.1 Å². The van der Waals surface area contributed by atoms with Crippen molar-refractivity contribution >= 4 is 23.1 Å². The Labute approximate surface area is 88.0 Å². The summed E-state index contributed by atoms with van der Waals surface area (Å²) in [6.45, 7) is 0. The molecule has 1 aliphatic rings. The van der Waals surface area contributed by atoms with Crippen LogP contribution >= 0.6 is 0 Å². The minimum absolute atomic E-state index is 0.658. The summed E-state index contributed by atoms with van der Waals surface area (Å²) in [5.74, 6) is 0. The zero-order valence-electron chi connectivity index (χ0n) is 8.16. The fourth-order valence-corrected chi connectivity index (χ4v) is 2.22. The summed E-state index contributed by atoms with van der Waals surface area (Å²) < 4.78 is 0. The summed E-state index contributed by atoms with van der Waals surface area (Å²) in [6.07, 6.45) is 7.07. The van der Waals surface area contributed by atoms with Gasteiger partial charge in [0.2, 0.25) is 6.29 Å². The zero-order chi connectivity index (χ0) is 10.3. The minimum atomic E-state index is 0.658. The predicted molar refractivity (Wildman–Crippen MR) is 61.5 cm³/mol. The first kappa shape index (κ1) is 8.42. The fraction of sp³-hybridized carbons (Fsp3) is 0.0714. The van der Waals surface area contributed by atoms with Crippen LogP contribution in [0.15, 0.2) is 36.4 Å². The molecule has 1 aliphatic carbocycles. The van der Waals surface area contributed by atoms with Gasteiger partial charge in [-0.15, -0.1) is 0 Å². The van der Waals surface area contributed by atoms with E-state index in [1.165, 1.54) is 16.3 Å². The molecule has 0 saturated heterocycles. The van der Waals surface area contributed by atoms with Crippen molar-refractivity contribution in [3.63, 3.8) is 0 Å². The Morgan fingerprint density at radius 3 is 2.93 bits per heavy atom. The van der Waals surface area contributed by atoms with Crippen LogP contribution in [0, 0.1) is 0 Å². The first-order valence-corrected chi connectivity index (χ1v) is 4.99. The fourth-order valence-electron chi connectivity index (χ4n) is 2.22. The van der Waals surface area contributed by atoms with Crippen LogP contribution in [0.4, 0.5) is 0 Å². The van der Waals surface area contributed by atoms with Gasteiger partial charge in [-0.05, 0) is 34.4 Å². The van der Waals surface area contributed by atoms with E-state index in [4.69, 9.17) is 0 Å². The lowest BCUT2D eigenvalue weighted by atomic mass is 9.90. The molecule has 0 N–H and O–H groups in total. The third-order valence-corrected chi connectivity index (χ3v) is 2.90.